The molecule has 112 valence electrons. The minimum atomic E-state index is 0.182. The molecule has 0 radical (unpaired) electrons. The van der Waals surface area contributed by atoms with Crippen LogP contribution >= 0.6 is 23.3 Å². The van der Waals surface area contributed by atoms with Crippen molar-refractivity contribution >= 4 is 40.0 Å². The summed E-state index contributed by atoms with van der Waals surface area (Å²) in [7, 11) is 0. The first-order valence-corrected chi connectivity index (χ1v) is 8.62. The highest BCUT2D eigenvalue weighted by atomic mass is 35.5. The van der Waals surface area contributed by atoms with Crippen LogP contribution in [0.15, 0.2) is 12.1 Å². The van der Waals surface area contributed by atoms with Crippen LogP contribution in [0.5, 0.6) is 0 Å². The van der Waals surface area contributed by atoms with E-state index in [-0.39, 0.29) is 5.54 Å². The zero-order valence-corrected chi connectivity index (χ0v) is 13.8. The summed E-state index contributed by atoms with van der Waals surface area (Å²) in [4.78, 5) is 2.43. The highest BCUT2D eigenvalue weighted by Crippen LogP contribution is 2.44. The molecule has 21 heavy (non-hydrogen) atoms. The van der Waals surface area contributed by atoms with Gasteiger partial charge in [-0.25, -0.2) is 0 Å². The Morgan fingerprint density at radius 1 is 1.38 bits per heavy atom. The van der Waals surface area contributed by atoms with Gasteiger partial charge in [0.05, 0.1) is 22.4 Å². The Bertz CT molecular complexity index is 683. The molecular formula is C15H19ClN4S. The van der Waals surface area contributed by atoms with Gasteiger partial charge in [0, 0.05) is 24.7 Å². The first-order valence-electron chi connectivity index (χ1n) is 7.51. The Morgan fingerprint density at radius 2 is 2.19 bits per heavy atom. The monoisotopic (exact) mass is 322 g/mol. The van der Waals surface area contributed by atoms with E-state index in [0.717, 1.165) is 40.8 Å². The summed E-state index contributed by atoms with van der Waals surface area (Å²) in [6, 6.07) is 4.31. The number of nitrogens with one attached hydrogen (secondary N) is 1. The minimum absolute atomic E-state index is 0.182. The lowest BCUT2D eigenvalue weighted by Gasteiger charge is -2.47. The molecule has 1 N–H and O–H groups in total. The third-order valence-corrected chi connectivity index (χ3v) is 5.80. The number of rotatable bonds is 2. The molecule has 0 spiro atoms. The number of piperazine rings is 1. The van der Waals surface area contributed by atoms with Crippen molar-refractivity contribution in [1.29, 1.82) is 0 Å². The van der Waals surface area contributed by atoms with Crippen molar-refractivity contribution in [3.8, 4) is 0 Å². The lowest BCUT2D eigenvalue weighted by molar-refractivity contribution is 0.261. The van der Waals surface area contributed by atoms with Crippen molar-refractivity contribution in [1.82, 2.24) is 14.1 Å². The van der Waals surface area contributed by atoms with E-state index in [2.05, 4.69) is 32.8 Å². The molecule has 2 unspecified atom stereocenters. The largest absolute Gasteiger partial charge is 0.363 e. The van der Waals surface area contributed by atoms with E-state index in [1.54, 1.807) is 0 Å². The molecule has 4 rings (SSSR count). The number of aromatic nitrogens is 2. The van der Waals surface area contributed by atoms with Crippen LogP contribution in [0.1, 0.15) is 26.7 Å². The number of hydrogen-bond donors (Lipinski definition) is 1. The van der Waals surface area contributed by atoms with E-state index >= 15 is 0 Å². The molecule has 0 bridgehead atoms. The lowest BCUT2D eigenvalue weighted by Crippen LogP contribution is -2.63. The van der Waals surface area contributed by atoms with Crippen LogP contribution < -0.4 is 10.2 Å². The van der Waals surface area contributed by atoms with Crippen LogP contribution in [0.3, 0.4) is 0 Å². The third-order valence-electron chi connectivity index (χ3n) is 4.95. The third kappa shape index (κ3) is 2.22. The highest BCUT2D eigenvalue weighted by molar-refractivity contribution is 7.00. The van der Waals surface area contributed by atoms with Gasteiger partial charge in [-0.15, -0.1) is 0 Å². The second-order valence-electron chi connectivity index (χ2n) is 6.58. The first-order chi connectivity index (χ1) is 10.1. The smallest absolute Gasteiger partial charge is 0.129 e. The first kappa shape index (κ1) is 13.7. The van der Waals surface area contributed by atoms with Crippen LogP contribution in [0.4, 0.5) is 5.69 Å². The van der Waals surface area contributed by atoms with Crippen molar-refractivity contribution in [3.05, 3.63) is 17.2 Å². The number of halogens is 1. The van der Waals surface area contributed by atoms with E-state index in [1.807, 2.05) is 12.1 Å². The van der Waals surface area contributed by atoms with Crippen molar-refractivity contribution in [2.75, 3.05) is 18.0 Å². The summed E-state index contributed by atoms with van der Waals surface area (Å²) >= 11 is 7.78. The molecule has 1 aliphatic carbocycles. The molecule has 0 amide bonds. The highest BCUT2D eigenvalue weighted by Gasteiger charge is 2.46. The molecule has 2 atom stereocenters. The molecule has 1 saturated heterocycles. The molecule has 1 aliphatic heterocycles. The summed E-state index contributed by atoms with van der Waals surface area (Å²) in [6.45, 7) is 6.55. The van der Waals surface area contributed by atoms with Gasteiger partial charge in [-0.3, -0.25) is 0 Å². The van der Waals surface area contributed by atoms with Crippen LogP contribution in [0.2, 0.25) is 5.02 Å². The van der Waals surface area contributed by atoms with Gasteiger partial charge < -0.3 is 10.2 Å². The Morgan fingerprint density at radius 3 is 2.95 bits per heavy atom. The number of nitrogens with zero attached hydrogens (tertiary/aromatic N) is 3. The van der Waals surface area contributed by atoms with Gasteiger partial charge in [0.2, 0.25) is 0 Å². The average Bonchev–Trinajstić information content (AvgIpc) is 3.22. The van der Waals surface area contributed by atoms with E-state index in [9.17, 15) is 0 Å². The molecule has 2 aromatic rings. The molecule has 4 nitrogen and oxygen atoms in total. The molecule has 1 aromatic heterocycles. The van der Waals surface area contributed by atoms with Gasteiger partial charge in [-0.05, 0) is 44.7 Å². The number of hydrogen-bond acceptors (Lipinski definition) is 5. The maximum Gasteiger partial charge on any atom is 0.129 e. The summed E-state index contributed by atoms with van der Waals surface area (Å²) in [5, 5.41) is 4.53. The van der Waals surface area contributed by atoms with Gasteiger partial charge in [0.1, 0.15) is 11.0 Å². The summed E-state index contributed by atoms with van der Waals surface area (Å²) < 4.78 is 8.84. The number of benzene rings is 1. The maximum absolute atomic E-state index is 6.52. The van der Waals surface area contributed by atoms with E-state index in [0.29, 0.717) is 6.04 Å². The Labute approximate surface area is 133 Å². The predicted molar refractivity (Wildman–Crippen MR) is 88.4 cm³/mol. The van der Waals surface area contributed by atoms with Crippen LogP contribution in [-0.4, -0.2) is 33.4 Å². The Balaban J connectivity index is 1.78. The molecule has 6 heteroatoms. The fraction of sp³-hybridized carbons (Fsp3) is 0.600. The summed E-state index contributed by atoms with van der Waals surface area (Å²) in [5.41, 5.74) is 3.13. The van der Waals surface area contributed by atoms with E-state index in [1.165, 1.54) is 24.6 Å². The van der Waals surface area contributed by atoms with Crippen LogP contribution in [0, 0.1) is 5.92 Å². The van der Waals surface area contributed by atoms with Crippen molar-refractivity contribution in [3.63, 3.8) is 0 Å². The molecule has 2 aliphatic rings. The minimum Gasteiger partial charge on any atom is -0.363 e. The molecule has 1 aromatic carbocycles. The number of anilines is 1. The summed E-state index contributed by atoms with van der Waals surface area (Å²) in [5.74, 6) is 0.791. The normalized spacial score (nSPS) is 30.0. The van der Waals surface area contributed by atoms with E-state index in [4.69, 9.17) is 11.6 Å². The quantitative estimate of drug-likeness (QED) is 0.921. The van der Waals surface area contributed by atoms with Gasteiger partial charge >= 0.3 is 0 Å². The molecule has 1 saturated carbocycles. The lowest BCUT2D eigenvalue weighted by atomic mass is 9.90. The van der Waals surface area contributed by atoms with Crippen molar-refractivity contribution in [2.45, 2.75) is 38.3 Å². The summed E-state index contributed by atoms with van der Waals surface area (Å²) in [6.07, 6.45) is 2.67. The van der Waals surface area contributed by atoms with Crippen LogP contribution in [0.25, 0.3) is 11.0 Å². The number of fused-ring (bicyclic) bond motifs is 1. The fourth-order valence-corrected chi connectivity index (χ4v) is 4.24. The van der Waals surface area contributed by atoms with Gasteiger partial charge in [0.15, 0.2) is 0 Å². The average molecular weight is 323 g/mol. The zero-order chi connectivity index (χ0) is 14.6. The SMILES string of the molecule is CC1CNC(C)(C2CC2)CN1c1c(Cl)ccc2nsnc12. The van der Waals surface area contributed by atoms with Crippen LogP contribution in [-0.2, 0) is 0 Å². The van der Waals surface area contributed by atoms with Gasteiger partial charge in [-0.1, -0.05) is 11.6 Å². The molecule has 2 heterocycles. The second kappa shape index (κ2) is 4.80. The van der Waals surface area contributed by atoms with Crippen molar-refractivity contribution < 1.29 is 0 Å². The van der Waals surface area contributed by atoms with E-state index < -0.39 is 0 Å². The molecule has 2 fully saturated rings. The predicted octanol–water partition coefficient (Wildman–Crippen LogP) is 3.31. The maximum atomic E-state index is 6.52. The van der Waals surface area contributed by atoms with Gasteiger partial charge in [-0.2, -0.15) is 8.75 Å². The molecular weight excluding hydrogens is 304 g/mol. The van der Waals surface area contributed by atoms with Crippen molar-refractivity contribution in [2.24, 2.45) is 5.92 Å². The Kier molecular flexibility index (Phi) is 3.14. The topological polar surface area (TPSA) is 41.0 Å². The standard InChI is InChI=1S/C15H19ClN4S/c1-9-7-17-15(2,10-3-4-10)8-20(9)14-11(16)5-6-12-13(14)19-21-18-12/h5-6,9-10,17H,3-4,7-8H2,1-2H3. The Hall–Kier alpha value is -0.910. The zero-order valence-electron chi connectivity index (χ0n) is 12.3. The second-order valence-corrected chi connectivity index (χ2v) is 7.51. The van der Waals surface area contributed by atoms with Gasteiger partial charge in [0.25, 0.3) is 0 Å². The fourth-order valence-electron chi connectivity index (χ4n) is 3.44.